The Balaban J connectivity index is 2.26. The second-order valence-corrected chi connectivity index (χ2v) is 3.58. The molecule has 1 heterocycles. The summed E-state index contributed by atoms with van der Waals surface area (Å²) in [6.07, 6.45) is 1.74. The number of halogens is 1. The van der Waals surface area contributed by atoms with Gasteiger partial charge in [0.05, 0.1) is 5.56 Å². The summed E-state index contributed by atoms with van der Waals surface area (Å²) in [5.74, 6) is -1.02. The van der Waals surface area contributed by atoms with E-state index in [4.69, 9.17) is 5.11 Å². The Hall–Kier alpha value is -2.23. The molecular weight excluding hydrogens is 221 g/mol. The zero-order valence-electron chi connectivity index (χ0n) is 8.88. The van der Waals surface area contributed by atoms with Gasteiger partial charge in [-0.15, -0.1) is 0 Å². The minimum Gasteiger partial charge on any atom is -0.478 e. The Morgan fingerprint density at radius 3 is 2.41 bits per heavy atom. The van der Waals surface area contributed by atoms with E-state index in [1.54, 1.807) is 18.3 Å². The molecule has 4 heteroatoms. The lowest BCUT2D eigenvalue weighted by Gasteiger charge is -2.08. The highest BCUT2D eigenvalue weighted by atomic mass is 19.1. The van der Waals surface area contributed by atoms with Crippen LogP contribution in [0.3, 0.4) is 0 Å². The van der Waals surface area contributed by atoms with Crippen LogP contribution in [0.2, 0.25) is 0 Å². The molecule has 0 fully saturated rings. The summed E-state index contributed by atoms with van der Waals surface area (Å²) in [6, 6.07) is 9.03. The van der Waals surface area contributed by atoms with E-state index in [2.05, 4.69) is 4.98 Å². The third-order valence-electron chi connectivity index (χ3n) is 2.43. The summed E-state index contributed by atoms with van der Waals surface area (Å²) in [6.45, 7) is 0. The minimum absolute atomic E-state index is 0.145. The fourth-order valence-corrected chi connectivity index (χ4v) is 1.51. The molecule has 0 aliphatic rings. The number of pyridine rings is 1. The van der Waals surface area contributed by atoms with Crippen LogP contribution in [0.15, 0.2) is 48.8 Å². The van der Waals surface area contributed by atoms with Gasteiger partial charge in [0.1, 0.15) is 0 Å². The number of hydrogen-bond acceptors (Lipinski definition) is 2. The van der Waals surface area contributed by atoms with Gasteiger partial charge < -0.3 is 5.11 Å². The topological polar surface area (TPSA) is 50.2 Å². The quantitative estimate of drug-likeness (QED) is 0.883. The van der Waals surface area contributed by atoms with E-state index in [0.29, 0.717) is 11.1 Å². The van der Waals surface area contributed by atoms with E-state index in [1.165, 1.54) is 30.5 Å². The maximum Gasteiger partial charge on any atom is 0.335 e. The predicted molar refractivity (Wildman–Crippen MR) is 60.6 cm³/mol. The fraction of sp³-hybridized carbons (Fsp3) is 0.0769. The summed E-state index contributed by atoms with van der Waals surface area (Å²) in [5, 5.41) is 8.73. The van der Waals surface area contributed by atoms with E-state index in [-0.39, 0.29) is 5.56 Å². The molecule has 2 aromatic rings. The number of aromatic carboxylic acids is 1. The predicted octanol–water partition coefficient (Wildman–Crippen LogP) is 2.84. The van der Waals surface area contributed by atoms with Crippen molar-refractivity contribution < 1.29 is 14.3 Å². The zero-order valence-corrected chi connectivity index (χ0v) is 8.88. The molecule has 0 aliphatic carbocycles. The number of alkyl halides is 1. The van der Waals surface area contributed by atoms with Crippen LogP contribution in [0, 0.1) is 0 Å². The Bertz CT molecular complexity index is 511. The molecule has 1 atom stereocenters. The van der Waals surface area contributed by atoms with Crippen molar-refractivity contribution in [1.29, 1.82) is 0 Å². The molecule has 0 saturated carbocycles. The number of hydrogen-bond donors (Lipinski definition) is 1. The highest BCUT2D eigenvalue weighted by Crippen LogP contribution is 2.25. The SMILES string of the molecule is O=C(O)c1ccc(C(F)c2cccnc2)cc1. The lowest BCUT2D eigenvalue weighted by atomic mass is 10.0. The number of nitrogens with zero attached hydrogens (tertiary/aromatic N) is 1. The van der Waals surface area contributed by atoms with E-state index in [0.717, 1.165) is 0 Å². The van der Waals surface area contributed by atoms with Gasteiger partial charge in [0.15, 0.2) is 6.17 Å². The van der Waals surface area contributed by atoms with Gasteiger partial charge in [-0.1, -0.05) is 18.2 Å². The van der Waals surface area contributed by atoms with Gasteiger partial charge in [0, 0.05) is 18.0 Å². The van der Waals surface area contributed by atoms with Gasteiger partial charge in [0.25, 0.3) is 0 Å². The van der Waals surface area contributed by atoms with Crippen LogP contribution in [0.4, 0.5) is 4.39 Å². The average molecular weight is 231 g/mol. The average Bonchev–Trinajstić information content (AvgIpc) is 2.39. The number of carbonyl (C=O) groups is 1. The molecule has 0 saturated heterocycles. The van der Waals surface area contributed by atoms with Gasteiger partial charge in [-0.25, -0.2) is 9.18 Å². The smallest absolute Gasteiger partial charge is 0.335 e. The summed E-state index contributed by atoms with van der Waals surface area (Å²) in [4.78, 5) is 14.5. The molecule has 1 aromatic carbocycles. The maximum absolute atomic E-state index is 14.0. The van der Waals surface area contributed by atoms with E-state index < -0.39 is 12.1 Å². The van der Waals surface area contributed by atoms with Crippen molar-refractivity contribution >= 4 is 5.97 Å². The Morgan fingerprint density at radius 2 is 1.88 bits per heavy atom. The first-order chi connectivity index (χ1) is 8.18. The largest absolute Gasteiger partial charge is 0.478 e. The van der Waals surface area contributed by atoms with Gasteiger partial charge in [0.2, 0.25) is 0 Å². The number of carboxylic acids is 1. The van der Waals surface area contributed by atoms with Crippen molar-refractivity contribution in [2.75, 3.05) is 0 Å². The molecule has 0 bridgehead atoms. The van der Waals surface area contributed by atoms with Gasteiger partial charge in [-0.2, -0.15) is 0 Å². The monoisotopic (exact) mass is 231 g/mol. The van der Waals surface area contributed by atoms with Crippen LogP contribution in [0.1, 0.15) is 27.7 Å². The molecule has 1 N–H and O–H groups in total. The van der Waals surface area contributed by atoms with Crippen molar-refractivity contribution in [3.8, 4) is 0 Å². The fourth-order valence-electron chi connectivity index (χ4n) is 1.51. The van der Waals surface area contributed by atoms with Crippen molar-refractivity contribution in [2.24, 2.45) is 0 Å². The number of benzene rings is 1. The van der Waals surface area contributed by atoms with E-state index in [9.17, 15) is 9.18 Å². The lowest BCUT2D eigenvalue weighted by Crippen LogP contribution is -1.98. The molecule has 3 nitrogen and oxygen atoms in total. The summed E-state index contributed by atoms with van der Waals surface area (Å²) in [5.41, 5.74) is 1.02. The molecule has 0 spiro atoms. The first-order valence-electron chi connectivity index (χ1n) is 5.06. The lowest BCUT2D eigenvalue weighted by molar-refractivity contribution is 0.0697. The minimum atomic E-state index is -1.29. The molecule has 17 heavy (non-hydrogen) atoms. The number of carboxylic acid groups (broad SMARTS) is 1. The molecule has 0 radical (unpaired) electrons. The summed E-state index contributed by atoms with van der Waals surface area (Å²) in [7, 11) is 0. The van der Waals surface area contributed by atoms with Gasteiger partial charge >= 0.3 is 5.97 Å². The van der Waals surface area contributed by atoms with Crippen LogP contribution in [-0.2, 0) is 0 Å². The van der Waals surface area contributed by atoms with Crippen LogP contribution in [0.25, 0.3) is 0 Å². The third kappa shape index (κ3) is 2.47. The van der Waals surface area contributed by atoms with Crippen LogP contribution in [-0.4, -0.2) is 16.1 Å². The van der Waals surface area contributed by atoms with E-state index in [1.807, 2.05) is 0 Å². The second-order valence-electron chi connectivity index (χ2n) is 3.58. The third-order valence-corrected chi connectivity index (χ3v) is 2.43. The molecule has 1 aromatic heterocycles. The zero-order chi connectivity index (χ0) is 12.3. The van der Waals surface area contributed by atoms with Crippen LogP contribution >= 0.6 is 0 Å². The highest BCUT2D eigenvalue weighted by molar-refractivity contribution is 5.87. The van der Waals surface area contributed by atoms with Gasteiger partial charge in [-0.3, -0.25) is 4.98 Å². The van der Waals surface area contributed by atoms with Crippen LogP contribution < -0.4 is 0 Å². The first kappa shape index (κ1) is 11.3. The molecule has 0 amide bonds. The summed E-state index contributed by atoms with van der Waals surface area (Å²) >= 11 is 0. The molecular formula is C13H10FNO2. The van der Waals surface area contributed by atoms with Crippen molar-refractivity contribution in [3.63, 3.8) is 0 Å². The normalized spacial score (nSPS) is 12.1. The standard InChI is InChI=1S/C13H10FNO2/c14-12(11-2-1-7-15-8-11)9-3-5-10(6-4-9)13(16)17/h1-8,12H,(H,16,17). The van der Waals surface area contributed by atoms with Gasteiger partial charge in [-0.05, 0) is 23.8 Å². The van der Waals surface area contributed by atoms with E-state index >= 15 is 0 Å². The Morgan fingerprint density at radius 1 is 1.18 bits per heavy atom. The Labute approximate surface area is 97.6 Å². The number of aromatic nitrogens is 1. The molecule has 2 rings (SSSR count). The highest BCUT2D eigenvalue weighted by Gasteiger charge is 2.13. The summed E-state index contributed by atoms with van der Waals surface area (Å²) < 4.78 is 14.0. The molecule has 1 unspecified atom stereocenters. The Kier molecular flexibility index (Phi) is 3.14. The first-order valence-corrected chi connectivity index (χ1v) is 5.06. The second kappa shape index (κ2) is 4.74. The molecule has 86 valence electrons. The van der Waals surface area contributed by atoms with Crippen molar-refractivity contribution in [3.05, 3.63) is 65.5 Å². The number of rotatable bonds is 3. The van der Waals surface area contributed by atoms with Crippen molar-refractivity contribution in [1.82, 2.24) is 4.98 Å². The van der Waals surface area contributed by atoms with Crippen LogP contribution in [0.5, 0.6) is 0 Å². The maximum atomic E-state index is 14.0. The van der Waals surface area contributed by atoms with Crippen molar-refractivity contribution in [2.45, 2.75) is 6.17 Å². The molecule has 0 aliphatic heterocycles.